The minimum absolute atomic E-state index is 0.133. The summed E-state index contributed by atoms with van der Waals surface area (Å²) >= 11 is 0. The molecule has 6 nitrogen and oxygen atoms in total. The zero-order chi connectivity index (χ0) is 16.1. The molecular weight excluding hydrogens is 292 g/mol. The first-order chi connectivity index (χ1) is 11.1. The Kier molecular flexibility index (Phi) is 2.74. The molecule has 0 aliphatic heterocycles. The SMILES string of the molecule is Cc1cc(-c2ccccc2)nc2oc3c(=O)n(N)c(C)nc3c12. The van der Waals surface area contributed by atoms with E-state index in [1.54, 1.807) is 6.92 Å². The molecule has 1 aromatic carbocycles. The van der Waals surface area contributed by atoms with Crippen molar-refractivity contribution in [3.05, 3.63) is 58.1 Å². The molecule has 6 heteroatoms. The number of rotatable bonds is 1. The summed E-state index contributed by atoms with van der Waals surface area (Å²) in [6.45, 7) is 3.64. The average Bonchev–Trinajstić information content (AvgIpc) is 2.92. The number of furan rings is 1. The number of nitrogen functional groups attached to an aromatic ring is 1. The molecule has 23 heavy (non-hydrogen) atoms. The zero-order valence-electron chi connectivity index (χ0n) is 12.7. The molecule has 4 aromatic rings. The number of benzene rings is 1. The van der Waals surface area contributed by atoms with Gasteiger partial charge in [0.05, 0.1) is 11.1 Å². The van der Waals surface area contributed by atoms with Crippen LogP contribution in [0.1, 0.15) is 11.4 Å². The normalized spacial score (nSPS) is 11.4. The summed E-state index contributed by atoms with van der Waals surface area (Å²) in [7, 11) is 0. The molecule has 0 amide bonds. The molecule has 2 N–H and O–H groups in total. The van der Waals surface area contributed by atoms with E-state index in [2.05, 4.69) is 9.97 Å². The lowest BCUT2D eigenvalue weighted by atomic mass is 10.1. The maximum absolute atomic E-state index is 12.3. The van der Waals surface area contributed by atoms with Crippen molar-refractivity contribution in [2.75, 3.05) is 5.84 Å². The van der Waals surface area contributed by atoms with Crippen LogP contribution >= 0.6 is 0 Å². The number of hydrogen-bond acceptors (Lipinski definition) is 5. The second-order valence-electron chi connectivity index (χ2n) is 5.48. The standard InChI is InChI=1S/C17H14N4O2/c1-9-8-12(11-6-4-3-5-7-11)20-16-13(9)14-15(23-16)17(22)21(18)10(2)19-14/h3-8H,18H2,1-2H3. The van der Waals surface area contributed by atoms with Crippen LogP contribution in [0.4, 0.5) is 0 Å². The second kappa shape index (κ2) is 4.67. The van der Waals surface area contributed by atoms with Crippen molar-refractivity contribution >= 4 is 22.2 Å². The molecule has 3 aromatic heterocycles. The molecule has 0 fully saturated rings. The highest BCUT2D eigenvalue weighted by Gasteiger charge is 2.18. The topological polar surface area (TPSA) is 86.9 Å². The number of aryl methyl sites for hydroxylation is 2. The molecule has 0 bridgehead atoms. The lowest BCUT2D eigenvalue weighted by molar-refractivity contribution is 0.639. The van der Waals surface area contributed by atoms with E-state index >= 15 is 0 Å². The van der Waals surface area contributed by atoms with Gasteiger partial charge in [-0.1, -0.05) is 30.3 Å². The van der Waals surface area contributed by atoms with Crippen LogP contribution in [0.25, 0.3) is 33.5 Å². The summed E-state index contributed by atoms with van der Waals surface area (Å²) in [6, 6.07) is 11.8. The Bertz CT molecular complexity index is 1110. The molecule has 114 valence electrons. The Morgan fingerprint density at radius 1 is 1.13 bits per heavy atom. The smallest absolute Gasteiger partial charge is 0.315 e. The predicted molar refractivity (Wildman–Crippen MR) is 88.6 cm³/mol. The van der Waals surface area contributed by atoms with E-state index < -0.39 is 5.56 Å². The van der Waals surface area contributed by atoms with Crippen LogP contribution in [-0.4, -0.2) is 14.6 Å². The molecule has 0 saturated heterocycles. The van der Waals surface area contributed by atoms with E-state index in [0.717, 1.165) is 26.9 Å². The highest BCUT2D eigenvalue weighted by Crippen LogP contribution is 2.30. The molecule has 0 aliphatic carbocycles. The van der Waals surface area contributed by atoms with Gasteiger partial charge >= 0.3 is 5.56 Å². The highest BCUT2D eigenvalue weighted by atomic mass is 16.3. The van der Waals surface area contributed by atoms with Gasteiger partial charge in [0.2, 0.25) is 11.3 Å². The van der Waals surface area contributed by atoms with E-state index in [4.69, 9.17) is 10.3 Å². The Morgan fingerprint density at radius 2 is 1.87 bits per heavy atom. The van der Waals surface area contributed by atoms with Gasteiger partial charge in [-0.05, 0) is 25.5 Å². The molecule has 4 rings (SSSR count). The summed E-state index contributed by atoms with van der Waals surface area (Å²) < 4.78 is 6.66. The van der Waals surface area contributed by atoms with E-state index in [0.29, 0.717) is 17.1 Å². The number of nitrogens with two attached hydrogens (primary N) is 1. The minimum Gasteiger partial charge on any atom is -0.430 e. The van der Waals surface area contributed by atoms with Crippen molar-refractivity contribution in [3.8, 4) is 11.3 Å². The first-order valence-electron chi connectivity index (χ1n) is 7.20. The Hall–Kier alpha value is -3.15. The van der Waals surface area contributed by atoms with E-state index in [9.17, 15) is 4.79 Å². The molecule has 0 atom stereocenters. The van der Waals surface area contributed by atoms with Crippen molar-refractivity contribution in [2.45, 2.75) is 13.8 Å². The van der Waals surface area contributed by atoms with Crippen LogP contribution in [0.15, 0.2) is 45.6 Å². The number of aromatic nitrogens is 3. The van der Waals surface area contributed by atoms with Crippen LogP contribution in [0, 0.1) is 13.8 Å². The summed E-state index contributed by atoms with van der Waals surface area (Å²) in [5.41, 5.74) is 3.36. The molecule has 0 aliphatic rings. The van der Waals surface area contributed by atoms with Crippen molar-refractivity contribution < 1.29 is 4.42 Å². The van der Waals surface area contributed by atoms with Crippen LogP contribution in [-0.2, 0) is 0 Å². The second-order valence-corrected chi connectivity index (χ2v) is 5.48. The van der Waals surface area contributed by atoms with Crippen LogP contribution in [0.3, 0.4) is 0 Å². The van der Waals surface area contributed by atoms with E-state index in [1.807, 2.05) is 43.3 Å². The third-order valence-electron chi connectivity index (χ3n) is 3.94. The van der Waals surface area contributed by atoms with Crippen molar-refractivity contribution in [1.82, 2.24) is 14.6 Å². The number of fused-ring (bicyclic) bond motifs is 3. The molecule has 0 radical (unpaired) electrons. The summed E-state index contributed by atoms with van der Waals surface area (Å²) in [6.07, 6.45) is 0. The van der Waals surface area contributed by atoms with Gasteiger partial charge < -0.3 is 10.3 Å². The van der Waals surface area contributed by atoms with Crippen LogP contribution < -0.4 is 11.4 Å². The fourth-order valence-electron chi connectivity index (χ4n) is 2.74. The van der Waals surface area contributed by atoms with Gasteiger partial charge in [-0.15, -0.1) is 0 Å². The van der Waals surface area contributed by atoms with Gasteiger partial charge in [0, 0.05) is 5.56 Å². The van der Waals surface area contributed by atoms with Gasteiger partial charge in [-0.25, -0.2) is 14.6 Å². The summed E-state index contributed by atoms with van der Waals surface area (Å²) in [5, 5.41) is 0.750. The molecule has 3 heterocycles. The van der Waals surface area contributed by atoms with Gasteiger partial charge in [0.25, 0.3) is 0 Å². The van der Waals surface area contributed by atoms with Crippen LogP contribution in [0.2, 0.25) is 0 Å². The molecule has 0 saturated carbocycles. The Labute approximate surface area is 131 Å². The van der Waals surface area contributed by atoms with Crippen molar-refractivity contribution in [3.63, 3.8) is 0 Å². The van der Waals surface area contributed by atoms with Gasteiger partial charge in [-0.3, -0.25) is 4.79 Å². The highest BCUT2D eigenvalue weighted by molar-refractivity contribution is 6.03. The average molecular weight is 306 g/mol. The van der Waals surface area contributed by atoms with E-state index in [1.165, 1.54) is 0 Å². The van der Waals surface area contributed by atoms with Crippen LogP contribution in [0.5, 0.6) is 0 Å². The molecule has 0 unspecified atom stereocenters. The Balaban J connectivity index is 2.11. The van der Waals surface area contributed by atoms with E-state index in [-0.39, 0.29) is 5.58 Å². The van der Waals surface area contributed by atoms with Crippen molar-refractivity contribution in [2.24, 2.45) is 0 Å². The fraction of sp³-hybridized carbons (Fsp3) is 0.118. The summed E-state index contributed by atoms with van der Waals surface area (Å²) in [5.74, 6) is 6.12. The molecular formula is C17H14N4O2. The van der Waals surface area contributed by atoms with Gasteiger partial charge in [0.15, 0.2) is 0 Å². The number of nitrogens with zero attached hydrogens (tertiary/aromatic N) is 3. The zero-order valence-corrected chi connectivity index (χ0v) is 12.7. The maximum atomic E-state index is 12.3. The third kappa shape index (κ3) is 1.92. The lowest BCUT2D eigenvalue weighted by Crippen LogP contribution is -2.29. The lowest BCUT2D eigenvalue weighted by Gasteiger charge is -2.03. The fourth-order valence-corrected chi connectivity index (χ4v) is 2.74. The monoisotopic (exact) mass is 306 g/mol. The van der Waals surface area contributed by atoms with Crippen molar-refractivity contribution in [1.29, 1.82) is 0 Å². The predicted octanol–water partition coefficient (Wildman–Crippen LogP) is 2.54. The quantitative estimate of drug-likeness (QED) is 0.546. The first kappa shape index (κ1) is 13.5. The Morgan fingerprint density at radius 3 is 2.61 bits per heavy atom. The molecule has 0 spiro atoms. The number of pyridine rings is 1. The van der Waals surface area contributed by atoms with Gasteiger partial charge in [0.1, 0.15) is 11.3 Å². The number of hydrogen-bond donors (Lipinski definition) is 1. The first-order valence-corrected chi connectivity index (χ1v) is 7.20. The third-order valence-corrected chi connectivity index (χ3v) is 3.94. The maximum Gasteiger partial charge on any atom is 0.315 e. The summed E-state index contributed by atoms with van der Waals surface area (Å²) in [4.78, 5) is 21.2. The van der Waals surface area contributed by atoms with Gasteiger partial charge in [-0.2, -0.15) is 0 Å². The minimum atomic E-state index is -0.411. The largest absolute Gasteiger partial charge is 0.430 e.